The van der Waals surface area contributed by atoms with Crippen LogP contribution in [0, 0.1) is 6.92 Å². The lowest BCUT2D eigenvalue weighted by molar-refractivity contribution is -0.131. The number of aliphatic carboxylic acids is 1. The maximum Gasteiger partial charge on any atom is 0.328 e. The van der Waals surface area contributed by atoms with Gasteiger partial charge in [-0.2, -0.15) is 0 Å². The molecule has 0 spiro atoms. The first-order valence-electron chi connectivity index (χ1n) is 7.50. The largest absolute Gasteiger partial charge is 0.493 e. The van der Waals surface area contributed by atoms with E-state index < -0.39 is 5.97 Å². The van der Waals surface area contributed by atoms with Crippen molar-refractivity contribution in [3.05, 3.63) is 59.7 Å². The summed E-state index contributed by atoms with van der Waals surface area (Å²) < 4.78 is 16.6. The molecule has 0 aromatic heterocycles. The van der Waals surface area contributed by atoms with Crippen molar-refractivity contribution in [3.8, 4) is 17.2 Å². The van der Waals surface area contributed by atoms with E-state index in [-0.39, 0.29) is 0 Å². The van der Waals surface area contributed by atoms with Crippen LogP contribution in [0.4, 0.5) is 0 Å². The van der Waals surface area contributed by atoms with Crippen LogP contribution in [0.5, 0.6) is 17.2 Å². The van der Waals surface area contributed by atoms with E-state index in [1.54, 1.807) is 18.2 Å². The van der Waals surface area contributed by atoms with Gasteiger partial charge in [0.2, 0.25) is 0 Å². The number of carbonyl (C=O) groups is 1. The van der Waals surface area contributed by atoms with E-state index >= 15 is 0 Å². The zero-order valence-corrected chi connectivity index (χ0v) is 13.7. The van der Waals surface area contributed by atoms with Gasteiger partial charge in [0, 0.05) is 11.6 Å². The number of aryl methyl sites for hydroxylation is 1. The molecular formula is C19H20O5. The highest BCUT2D eigenvalue weighted by Crippen LogP contribution is 2.32. The fraction of sp³-hybridized carbons (Fsp3) is 0.211. The van der Waals surface area contributed by atoms with Gasteiger partial charge in [0.25, 0.3) is 0 Å². The topological polar surface area (TPSA) is 65.0 Å². The molecule has 0 amide bonds. The second-order valence-corrected chi connectivity index (χ2v) is 5.06. The van der Waals surface area contributed by atoms with Gasteiger partial charge in [-0.1, -0.05) is 29.8 Å². The van der Waals surface area contributed by atoms with Gasteiger partial charge < -0.3 is 19.3 Å². The van der Waals surface area contributed by atoms with Crippen LogP contribution in [0.2, 0.25) is 0 Å². The molecule has 0 atom stereocenters. The van der Waals surface area contributed by atoms with Crippen molar-refractivity contribution in [1.29, 1.82) is 0 Å². The summed E-state index contributed by atoms with van der Waals surface area (Å²) in [7, 11) is 1.54. The van der Waals surface area contributed by atoms with Gasteiger partial charge in [0.05, 0.1) is 7.11 Å². The molecule has 0 saturated carbocycles. The Morgan fingerprint density at radius 2 is 1.79 bits per heavy atom. The summed E-state index contributed by atoms with van der Waals surface area (Å²) >= 11 is 0. The Balaban J connectivity index is 1.99. The molecule has 5 heteroatoms. The first-order valence-corrected chi connectivity index (χ1v) is 7.50. The third kappa shape index (κ3) is 5.05. The Labute approximate surface area is 141 Å². The summed E-state index contributed by atoms with van der Waals surface area (Å²) in [5.74, 6) is 0.782. The van der Waals surface area contributed by atoms with Crippen molar-refractivity contribution in [1.82, 2.24) is 0 Å². The van der Waals surface area contributed by atoms with Crippen LogP contribution in [-0.2, 0) is 4.79 Å². The maximum atomic E-state index is 10.7. The maximum absolute atomic E-state index is 10.7. The Morgan fingerprint density at radius 1 is 1.08 bits per heavy atom. The van der Waals surface area contributed by atoms with Crippen LogP contribution >= 0.6 is 0 Å². The number of hydrogen-bond acceptors (Lipinski definition) is 4. The average Bonchev–Trinajstić information content (AvgIpc) is 2.58. The lowest BCUT2D eigenvalue weighted by atomic mass is 10.1. The molecule has 5 nitrogen and oxygen atoms in total. The van der Waals surface area contributed by atoms with Crippen molar-refractivity contribution in [2.75, 3.05) is 20.3 Å². The molecule has 2 aromatic carbocycles. The summed E-state index contributed by atoms with van der Waals surface area (Å²) in [6.45, 7) is 2.69. The predicted molar refractivity (Wildman–Crippen MR) is 91.8 cm³/mol. The minimum atomic E-state index is -1.02. The summed E-state index contributed by atoms with van der Waals surface area (Å²) in [6, 6.07) is 13.1. The van der Waals surface area contributed by atoms with E-state index in [0.717, 1.165) is 11.8 Å². The number of rotatable bonds is 8. The molecule has 0 fully saturated rings. The number of carboxylic acids is 1. The summed E-state index contributed by atoms with van der Waals surface area (Å²) in [5, 5.41) is 8.77. The standard InChI is InChI=1S/C19H20O5/c1-14-6-9-16(10-7-14)23-12-13-24-19-15(8-11-18(20)21)4-3-5-17(19)22-2/h3-11H,12-13H2,1-2H3,(H,20,21). The summed E-state index contributed by atoms with van der Waals surface area (Å²) in [6.07, 6.45) is 2.53. The highest BCUT2D eigenvalue weighted by atomic mass is 16.5. The van der Waals surface area contributed by atoms with Crippen LogP contribution in [0.1, 0.15) is 11.1 Å². The third-order valence-corrected chi connectivity index (χ3v) is 3.25. The van der Waals surface area contributed by atoms with E-state index in [9.17, 15) is 4.79 Å². The normalized spacial score (nSPS) is 10.6. The molecule has 126 valence electrons. The van der Waals surface area contributed by atoms with E-state index in [2.05, 4.69) is 0 Å². The molecule has 2 aromatic rings. The molecule has 0 aliphatic heterocycles. The van der Waals surface area contributed by atoms with Gasteiger partial charge in [-0.05, 0) is 31.2 Å². The van der Waals surface area contributed by atoms with E-state index in [1.165, 1.54) is 18.7 Å². The smallest absolute Gasteiger partial charge is 0.328 e. The number of methoxy groups -OCH3 is 1. The van der Waals surface area contributed by atoms with Gasteiger partial charge in [0.15, 0.2) is 11.5 Å². The number of carboxylic acid groups (broad SMARTS) is 1. The van der Waals surface area contributed by atoms with Crippen LogP contribution in [-0.4, -0.2) is 31.4 Å². The SMILES string of the molecule is COc1cccc(C=CC(=O)O)c1OCCOc1ccc(C)cc1. The summed E-state index contributed by atoms with van der Waals surface area (Å²) in [4.78, 5) is 10.7. The fourth-order valence-corrected chi connectivity index (χ4v) is 2.08. The zero-order chi connectivity index (χ0) is 17.4. The predicted octanol–water partition coefficient (Wildman–Crippen LogP) is 3.56. The van der Waals surface area contributed by atoms with Gasteiger partial charge in [-0.25, -0.2) is 4.79 Å². The first kappa shape index (κ1) is 17.4. The minimum absolute atomic E-state index is 0.308. The minimum Gasteiger partial charge on any atom is -0.493 e. The van der Waals surface area contributed by atoms with E-state index in [4.69, 9.17) is 19.3 Å². The molecule has 1 N–H and O–H groups in total. The number of hydrogen-bond donors (Lipinski definition) is 1. The zero-order valence-electron chi connectivity index (χ0n) is 13.7. The lowest BCUT2D eigenvalue weighted by Gasteiger charge is -2.14. The third-order valence-electron chi connectivity index (χ3n) is 3.25. The Kier molecular flexibility index (Phi) is 6.25. The van der Waals surface area contributed by atoms with E-state index in [1.807, 2.05) is 31.2 Å². The number of benzene rings is 2. The second-order valence-electron chi connectivity index (χ2n) is 5.06. The molecule has 0 aliphatic rings. The highest BCUT2D eigenvalue weighted by molar-refractivity contribution is 5.86. The van der Waals surface area contributed by atoms with Crippen LogP contribution < -0.4 is 14.2 Å². The van der Waals surface area contributed by atoms with Crippen LogP contribution in [0.25, 0.3) is 6.08 Å². The quantitative estimate of drug-likeness (QED) is 0.593. The van der Waals surface area contributed by atoms with Crippen molar-refractivity contribution in [2.24, 2.45) is 0 Å². The summed E-state index contributed by atoms with van der Waals surface area (Å²) in [5.41, 5.74) is 1.80. The number of ether oxygens (including phenoxy) is 3. The number of para-hydroxylation sites is 1. The van der Waals surface area contributed by atoms with Crippen LogP contribution in [0.3, 0.4) is 0 Å². The van der Waals surface area contributed by atoms with Crippen molar-refractivity contribution >= 4 is 12.0 Å². The van der Waals surface area contributed by atoms with Crippen molar-refractivity contribution < 1.29 is 24.1 Å². The molecular weight excluding hydrogens is 308 g/mol. The van der Waals surface area contributed by atoms with Gasteiger partial charge >= 0.3 is 5.97 Å². The lowest BCUT2D eigenvalue weighted by Crippen LogP contribution is -2.10. The molecule has 0 unspecified atom stereocenters. The molecule has 2 rings (SSSR count). The monoisotopic (exact) mass is 328 g/mol. The Morgan fingerprint density at radius 3 is 2.46 bits per heavy atom. The molecule has 0 aliphatic carbocycles. The molecule has 0 bridgehead atoms. The fourth-order valence-electron chi connectivity index (χ4n) is 2.08. The van der Waals surface area contributed by atoms with Gasteiger partial charge in [0.1, 0.15) is 19.0 Å². The first-order chi connectivity index (χ1) is 11.6. The van der Waals surface area contributed by atoms with Gasteiger partial charge in [-0.3, -0.25) is 0 Å². The Hall–Kier alpha value is -2.95. The highest BCUT2D eigenvalue weighted by Gasteiger charge is 2.09. The van der Waals surface area contributed by atoms with E-state index in [0.29, 0.717) is 30.3 Å². The molecule has 0 radical (unpaired) electrons. The average molecular weight is 328 g/mol. The van der Waals surface area contributed by atoms with Gasteiger partial charge in [-0.15, -0.1) is 0 Å². The van der Waals surface area contributed by atoms with Crippen molar-refractivity contribution in [3.63, 3.8) is 0 Å². The molecule has 0 heterocycles. The Bertz CT molecular complexity index is 704. The van der Waals surface area contributed by atoms with Crippen LogP contribution in [0.15, 0.2) is 48.5 Å². The second kappa shape index (κ2) is 8.62. The molecule has 24 heavy (non-hydrogen) atoms. The molecule has 0 saturated heterocycles. The van der Waals surface area contributed by atoms with Crippen molar-refractivity contribution in [2.45, 2.75) is 6.92 Å².